The third-order valence-electron chi connectivity index (χ3n) is 9.02. The van der Waals surface area contributed by atoms with E-state index < -0.39 is 0 Å². The fourth-order valence-electron chi connectivity index (χ4n) is 7.43. The molecule has 4 rings (SSSR count). The monoisotopic (exact) mass is 400 g/mol. The molecule has 0 aromatic heterocycles. The molecule has 3 fully saturated rings. The average Bonchev–Trinajstić information content (AvgIpc) is 2.99. The molecule has 0 saturated heterocycles. The van der Waals surface area contributed by atoms with Gasteiger partial charge >= 0.3 is 5.97 Å². The highest BCUT2D eigenvalue weighted by molar-refractivity contribution is 5.97. The van der Waals surface area contributed by atoms with E-state index in [0.717, 1.165) is 56.9 Å². The molecule has 0 radical (unpaired) electrons. The van der Waals surface area contributed by atoms with Crippen LogP contribution in [0.15, 0.2) is 11.1 Å². The highest BCUT2D eigenvalue weighted by Gasteiger charge is 2.59. The zero-order valence-corrected chi connectivity index (χ0v) is 18.4. The standard InChI is InChI=1S/C25H36O4/c1-4-5-23(28)29-15-12-17-19-7-6-16-18-8-9-22(27)25(18,3)13-10-20(16)24(19,2)14-11-21(17)26/h16,18,20H,4-15H2,1-3H3/t16-,18-,20+,24-,25-/m0/s1. The predicted octanol–water partition coefficient (Wildman–Crippen LogP) is 5.19. The Morgan fingerprint density at radius 2 is 1.76 bits per heavy atom. The maximum Gasteiger partial charge on any atom is 0.305 e. The molecule has 0 aromatic rings. The number of hydrogen-bond donors (Lipinski definition) is 0. The van der Waals surface area contributed by atoms with Crippen molar-refractivity contribution < 1.29 is 19.1 Å². The van der Waals surface area contributed by atoms with Gasteiger partial charge in [-0.3, -0.25) is 14.4 Å². The molecule has 5 atom stereocenters. The molecular weight excluding hydrogens is 364 g/mol. The lowest BCUT2D eigenvalue weighted by atomic mass is 9.47. The molecule has 4 aliphatic carbocycles. The van der Waals surface area contributed by atoms with Gasteiger partial charge in [0, 0.05) is 31.1 Å². The Labute approximate surface area is 174 Å². The number of esters is 1. The number of allylic oxidation sites excluding steroid dienone is 1. The largest absolute Gasteiger partial charge is 0.465 e. The summed E-state index contributed by atoms with van der Waals surface area (Å²) in [6.45, 7) is 6.89. The summed E-state index contributed by atoms with van der Waals surface area (Å²) in [6.07, 6.45) is 9.38. The number of ketones is 2. The molecule has 4 nitrogen and oxygen atoms in total. The number of Topliss-reactive ketones (excluding diaryl/α,β-unsaturated/α-hetero) is 2. The van der Waals surface area contributed by atoms with Crippen LogP contribution in [-0.2, 0) is 19.1 Å². The Hall–Kier alpha value is -1.45. The van der Waals surface area contributed by atoms with E-state index in [4.69, 9.17) is 4.74 Å². The minimum Gasteiger partial charge on any atom is -0.465 e. The molecular formula is C25H36O4. The maximum absolute atomic E-state index is 12.8. The topological polar surface area (TPSA) is 60.4 Å². The summed E-state index contributed by atoms with van der Waals surface area (Å²) in [5, 5.41) is 0. The van der Waals surface area contributed by atoms with Crippen LogP contribution in [0.25, 0.3) is 0 Å². The van der Waals surface area contributed by atoms with Crippen molar-refractivity contribution in [3.63, 3.8) is 0 Å². The Balaban J connectivity index is 1.56. The summed E-state index contributed by atoms with van der Waals surface area (Å²) in [5.74, 6) is 2.32. The second-order valence-corrected chi connectivity index (χ2v) is 10.4. The summed E-state index contributed by atoms with van der Waals surface area (Å²) in [5.41, 5.74) is 2.29. The van der Waals surface area contributed by atoms with Crippen LogP contribution in [-0.4, -0.2) is 24.1 Å². The number of fused-ring (bicyclic) bond motifs is 5. The van der Waals surface area contributed by atoms with Crippen molar-refractivity contribution in [3.05, 3.63) is 11.1 Å². The Morgan fingerprint density at radius 3 is 2.52 bits per heavy atom. The van der Waals surface area contributed by atoms with Crippen LogP contribution in [0.3, 0.4) is 0 Å². The molecule has 0 heterocycles. The van der Waals surface area contributed by atoms with Gasteiger partial charge in [0.2, 0.25) is 0 Å². The first-order valence-corrected chi connectivity index (χ1v) is 11.8. The quantitative estimate of drug-likeness (QED) is 0.596. The Bertz CT molecular complexity index is 750. The molecule has 3 saturated carbocycles. The second kappa shape index (κ2) is 7.67. The third-order valence-corrected chi connectivity index (χ3v) is 9.02. The Morgan fingerprint density at radius 1 is 1.00 bits per heavy atom. The van der Waals surface area contributed by atoms with Crippen molar-refractivity contribution in [1.82, 2.24) is 0 Å². The summed E-state index contributed by atoms with van der Waals surface area (Å²) < 4.78 is 5.37. The van der Waals surface area contributed by atoms with E-state index in [1.165, 1.54) is 5.57 Å². The van der Waals surface area contributed by atoms with Crippen LogP contribution < -0.4 is 0 Å². The van der Waals surface area contributed by atoms with Gasteiger partial charge in [0.15, 0.2) is 5.78 Å². The average molecular weight is 401 g/mol. The van der Waals surface area contributed by atoms with Crippen molar-refractivity contribution in [2.45, 2.75) is 91.4 Å². The fraction of sp³-hybridized carbons (Fsp3) is 0.800. The lowest BCUT2D eigenvalue weighted by Crippen LogP contribution is -2.51. The summed E-state index contributed by atoms with van der Waals surface area (Å²) in [6, 6.07) is 0. The van der Waals surface area contributed by atoms with Gasteiger partial charge in [-0.05, 0) is 73.7 Å². The van der Waals surface area contributed by atoms with Crippen molar-refractivity contribution in [3.8, 4) is 0 Å². The van der Waals surface area contributed by atoms with E-state index in [1.54, 1.807) is 0 Å². The molecule has 0 bridgehead atoms. The van der Waals surface area contributed by atoms with Crippen molar-refractivity contribution >= 4 is 17.5 Å². The van der Waals surface area contributed by atoms with Crippen molar-refractivity contribution in [2.24, 2.45) is 28.6 Å². The van der Waals surface area contributed by atoms with Crippen molar-refractivity contribution in [1.29, 1.82) is 0 Å². The lowest BCUT2D eigenvalue weighted by molar-refractivity contribution is -0.144. The summed E-state index contributed by atoms with van der Waals surface area (Å²) in [7, 11) is 0. The second-order valence-electron chi connectivity index (χ2n) is 10.4. The zero-order valence-electron chi connectivity index (χ0n) is 18.4. The van der Waals surface area contributed by atoms with E-state index in [-0.39, 0.29) is 22.6 Å². The van der Waals surface area contributed by atoms with Gasteiger partial charge in [0.1, 0.15) is 5.78 Å². The molecule has 4 aliphatic rings. The van der Waals surface area contributed by atoms with Crippen LogP contribution in [0.4, 0.5) is 0 Å². The van der Waals surface area contributed by atoms with E-state index in [0.29, 0.717) is 49.4 Å². The van der Waals surface area contributed by atoms with Gasteiger partial charge in [-0.2, -0.15) is 0 Å². The normalized spacial score (nSPS) is 39.1. The molecule has 0 aliphatic heterocycles. The summed E-state index contributed by atoms with van der Waals surface area (Å²) in [4.78, 5) is 37.1. The third kappa shape index (κ3) is 3.31. The fourth-order valence-corrected chi connectivity index (χ4v) is 7.43. The van der Waals surface area contributed by atoms with Gasteiger partial charge < -0.3 is 4.74 Å². The number of carbonyl (C=O) groups is 3. The Kier molecular flexibility index (Phi) is 5.50. The first-order valence-electron chi connectivity index (χ1n) is 11.8. The summed E-state index contributed by atoms with van der Waals surface area (Å²) >= 11 is 0. The highest BCUT2D eigenvalue weighted by Crippen LogP contribution is 2.65. The molecule has 160 valence electrons. The number of rotatable bonds is 5. The first-order chi connectivity index (χ1) is 13.8. The van der Waals surface area contributed by atoms with Crippen LogP contribution >= 0.6 is 0 Å². The van der Waals surface area contributed by atoms with E-state index in [2.05, 4.69) is 13.8 Å². The SMILES string of the molecule is CCCC(=O)OCCC1=C2CC[C@@H]3[C@@H](CC[C@]4(C)C(=O)CC[C@@H]34)[C@@]2(C)CCC1=O. The zero-order chi connectivity index (χ0) is 20.8. The van der Waals surface area contributed by atoms with Crippen LogP contribution in [0.5, 0.6) is 0 Å². The molecule has 0 unspecified atom stereocenters. The molecule has 0 amide bonds. The number of hydrogen-bond acceptors (Lipinski definition) is 4. The molecule has 0 aromatic carbocycles. The minimum absolute atomic E-state index is 0.0759. The van der Waals surface area contributed by atoms with Gasteiger partial charge in [0.05, 0.1) is 6.61 Å². The van der Waals surface area contributed by atoms with Gasteiger partial charge in [-0.1, -0.05) is 26.3 Å². The van der Waals surface area contributed by atoms with Crippen molar-refractivity contribution in [2.75, 3.05) is 6.61 Å². The molecule has 0 spiro atoms. The van der Waals surface area contributed by atoms with Crippen LogP contribution in [0, 0.1) is 28.6 Å². The lowest BCUT2D eigenvalue weighted by Gasteiger charge is -2.57. The molecule has 0 N–H and O–H groups in total. The number of ether oxygens (including phenoxy) is 1. The minimum atomic E-state index is -0.162. The highest BCUT2D eigenvalue weighted by atomic mass is 16.5. The van der Waals surface area contributed by atoms with Crippen LogP contribution in [0.2, 0.25) is 0 Å². The predicted molar refractivity (Wildman–Crippen MR) is 111 cm³/mol. The van der Waals surface area contributed by atoms with Crippen LogP contribution in [0.1, 0.15) is 91.4 Å². The molecule has 4 heteroatoms. The first kappa shape index (κ1) is 20.8. The molecule has 29 heavy (non-hydrogen) atoms. The van der Waals surface area contributed by atoms with E-state index in [1.807, 2.05) is 6.92 Å². The van der Waals surface area contributed by atoms with Gasteiger partial charge in [0.25, 0.3) is 0 Å². The maximum atomic E-state index is 12.8. The smallest absolute Gasteiger partial charge is 0.305 e. The van der Waals surface area contributed by atoms with Gasteiger partial charge in [-0.25, -0.2) is 0 Å². The van der Waals surface area contributed by atoms with E-state index in [9.17, 15) is 14.4 Å². The number of carbonyl (C=O) groups excluding carboxylic acids is 3. The van der Waals surface area contributed by atoms with E-state index >= 15 is 0 Å². The van der Waals surface area contributed by atoms with Gasteiger partial charge in [-0.15, -0.1) is 0 Å².